The highest BCUT2D eigenvalue weighted by Gasteiger charge is 2.11. The Hall–Kier alpha value is -3.56. The molecule has 1 heterocycles. The Balaban J connectivity index is 1.43. The Labute approximate surface area is 212 Å². The molecule has 7 nitrogen and oxygen atoms in total. The van der Waals surface area contributed by atoms with E-state index in [1.807, 2.05) is 43.7 Å². The molecule has 9 heteroatoms. The number of nitrogens with zero attached hydrogens (tertiary/aromatic N) is 2. The van der Waals surface area contributed by atoms with Crippen LogP contribution in [-0.2, 0) is 9.59 Å². The molecule has 3 N–H and O–H groups in total. The van der Waals surface area contributed by atoms with Gasteiger partial charge >= 0.3 is 5.97 Å². The number of rotatable bonds is 10. The molecular formula is C26H26N4O3S2. The number of anilines is 3. The lowest BCUT2D eigenvalue weighted by Gasteiger charge is -2.17. The van der Waals surface area contributed by atoms with Gasteiger partial charge in [0.25, 0.3) is 0 Å². The largest absolute Gasteiger partial charge is 0.481 e. The maximum atomic E-state index is 12.0. The van der Waals surface area contributed by atoms with E-state index in [0.29, 0.717) is 11.6 Å². The van der Waals surface area contributed by atoms with Gasteiger partial charge in [0.15, 0.2) is 5.13 Å². The van der Waals surface area contributed by atoms with E-state index < -0.39 is 5.97 Å². The molecule has 4 rings (SSSR count). The number of amides is 1. The van der Waals surface area contributed by atoms with Crippen LogP contribution in [0, 0.1) is 0 Å². The molecule has 0 fully saturated rings. The molecule has 0 radical (unpaired) electrons. The average Bonchev–Trinajstić information content (AvgIpc) is 3.30. The van der Waals surface area contributed by atoms with Gasteiger partial charge in [0.1, 0.15) is 0 Å². The van der Waals surface area contributed by atoms with Crippen LogP contribution in [0.25, 0.3) is 22.0 Å². The zero-order chi connectivity index (χ0) is 24.8. The van der Waals surface area contributed by atoms with Gasteiger partial charge in [-0.25, -0.2) is 4.98 Å². The number of carboxylic acid groups (broad SMARTS) is 1. The highest BCUT2D eigenvalue weighted by Crippen LogP contribution is 2.34. The van der Waals surface area contributed by atoms with Crippen molar-refractivity contribution in [2.24, 2.45) is 0 Å². The molecule has 0 bridgehead atoms. The van der Waals surface area contributed by atoms with E-state index >= 15 is 0 Å². The molecule has 1 aromatic heterocycles. The number of carboxylic acids is 1. The minimum Gasteiger partial charge on any atom is -0.481 e. The highest BCUT2D eigenvalue weighted by atomic mass is 32.2. The van der Waals surface area contributed by atoms with Crippen molar-refractivity contribution >= 4 is 62.4 Å². The quantitative estimate of drug-likeness (QED) is 0.216. The van der Waals surface area contributed by atoms with E-state index in [4.69, 9.17) is 5.11 Å². The number of hydrogen-bond acceptors (Lipinski definition) is 7. The van der Waals surface area contributed by atoms with E-state index in [0.717, 1.165) is 21.8 Å². The van der Waals surface area contributed by atoms with Crippen molar-refractivity contribution in [3.05, 3.63) is 66.0 Å². The first kappa shape index (κ1) is 24.6. The van der Waals surface area contributed by atoms with E-state index in [1.165, 1.54) is 27.8 Å². The van der Waals surface area contributed by atoms with Crippen molar-refractivity contribution in [3.63, 3.8) is 0 Å². The third-order valence-electron chi connectivity index (χ3n) is 5.32. The minimum atomic E-state index is -0.903. The van der Waals surface area contributed by atoms with Gasteiger partial charge < -0.3 is 20.0 Å². The number of nitrogens with one attached hydrogen (secondary N) is 2. The zero-order valence-electron chi connectivity index (χ0n) is 19.4. The summed E-state index contributed by atoms with van der Waals surface area (Å²) in [5, 5.41) is 16.2. The summed E-state index contributed by atoms with van der Waals surface area (Å²) in [6.07, 6.45) is 0.434. The van der Waals surface area contributed by atoms with Crippen LogP contribution in [0.5, 0.6) is 0 Å². The number of benzene rings is 3. The lowest BCUT2D eigenvalue weighted by molar-refractivity contribution is -0.137. The molecular weight excluding hydrogens is 480 g/mol. The Morgan fingerprint density at radius 2 is 1.80 bits per heavy atom. The number of carbonyl (C=O) groups is 2. The van der Waals surface area contributed by atoms with Crippen molar-refractivity contribution in [3.8, 4) is 11.3 Å². The molecule has 0 saturated heterocycles. The van der Waals surface area contributed by atoms with E-state index in [1.54, 1.807) is 11.9 Å². The second kappa shape index (κ2) is 11.2. The molecule has 0 aliphatic rings. The van der Waals surface area contributed by atoms with Crippen molar-refractivity contribution < 1.29 is 14.7 Å². The molecule has 0 spiro atoms. The summed E-state index contributed by atoms with van der Waals surface area (Å²) < 4.78 is 3.44. The number of carbonyl (C=O) groups excluding carboxylic acids is 1. The SMILES string of the molecule is CN(C)c1cccc2c(SNc3cccc(-c4csc(NC(=O)CCCC(=O)O)n4)c3)cccc12. The van der Waals surface area contributed by atoms with E-state index in [9.17, 15) is 9.59 Å². The highest BCUT2D eigenvalue weighted by molar-refractivity contribution is 8.00. The van der Waals surface area contributed by atoms with Gasteiger partial charge in [-0.1, -0.05) is 36.4 Å². The molecule has 35 heavy (non-hydrogen) atoms. The second-order valence-corrected chi connectivity index (χ2v) is 9.85. The lowest BCUT2D eigenvalue weighted by Crippen LogP contribution is -2.11. The first-order valence-corrected chi connectivity index (χ1v) is 12.8. The fourth-order valence-electron chi connectivity index (χ4n) is 3.65. The predicted molar refractivity (Wildman–Crippen MR) is 145 cm³/mol. The van der Waals surface area contributed by atoms with Crippen molar-refractivity contribution in [2.45, 2.75) is 24.2 Å². The fraction of sp³-hybridized carbons (Fsp3) is 0.192. The second-order valence-electron chi connectivity index (χ2n) is 8.14. The zero-order valence-corrected chi connectivity index (χ0v) is 21.1. The minimum absolute atomic E-state index is 0.0239. The van der Waals surface area contributed by atoms with Gasteiger partial charge in [0.05, 0.1) is 5.69 Å². The first-order chi connectivity index (χ1) is 16.9. The van der Waals surface area contributed by atoms with Gasteiger partial charge in [-0.05, 0) is 48.0 Å². The monoisotopic (exact) mass is 506 g/mol. The van der Waals surface area contributed by atoms with Crippen LogP contribution in [0.4, 0.5) is 16.5 Å². The van der Waals surface area contributed by atoms with Gasteiger partial charge in [-0.15, -0.1) is 11.3 Å². The van der Waals surface area contributed by atoms with Crippen LogP contribution in [0.1, 0.15) is 19.3 Å². The number of fused-ring (bicyclic) bond motifs is 1. The smallest absolute Gasteiger partial charge is 0.303 e. The van der Waals surface area contributed by atoms with Crippen LogP contribution in [0.2, 0.25) is 0 Å². The molecule has 4 aromatic rings. The summed E-state index contributed by atoms with van der Waals surface area (Å²) in [5.41, 5.74) is 3.83. The Kier molecular flexibility index (Phi) is 7.89. The molecule has 0 saturated carbocycles. The van der Waals surface area contributed by atoms with Crippen molar-refractivity contribution in [1.29, 1.82) is 0 Å². The summed E-state index contributed by atoms with van der Waals surface area (Å²) in [5.74, 6) is -1.13. The van der Waals surface area contributed by atoms with Gasteiger partial charge in [0.2, 0.25) is 5.91 Å². The molecule has 1 amide bonds. The maximum Gasteiger partial charge on any atom is 0.303 e. The standard InChI is InChI=1S/C26H26N4O3S2/c1-30(2)22-11-4-10-20-19(22)9-5-12-23(20)35-29-18-8-3-7-17(15-18)21-16-34-26(27-21)28-24(31)13-6-14-25(32)33/h3-5,7-12,15-16,29H,6,13-14H2,1-2H3,(H,32,33)(H,27,28,31). The molecule has 180 valence electrons. The molecule has 3 aromatic carbocycles. The predicted octanol–water partition coefficient (Wildman–Crippen LogP) is 6.34. The van der Waals surface area contributed by atoms with Crippen LogP contribution in [-0.4, -0.2) is 36.1 Å². The van der Waals surface area contributed by atoms with Crippen molar-refractivity contribution in [1.82, 2.24) is 4.98 Å². The van der Waals surface area contributed by atoms with E-state index in [2.05, 4.69) is 56.3 Å². The normalized spacial score (nSPS) is 10.8. The summed E-state index contributed by atoms with van der Waals surface area (Å²) in [4.78, 5) is 30.4. The van der Waals surface area contributed by atoms with Crippen LogP contribution >= 0.6 is 23.3 Å². The summed E-state index contributed by atoms with van der Waals surface area (Å²) >= 11 is 2.91. The van der Waals surface area contributed by atoms with E-state index in [-0.39, 0.29) is 18.7 Å². The summed E-state index contributed by atoms with van der Waals surface area (Å²) in [6, 6.07) is 20.6. The van der Waals surface area contributed by atoms with Crippen LogP contribution < -0.4 is 14.9 Å². The van der Waals surface area contributed by atoms with Gasteiger partial charge in [-0.2, -0.15) is 0 Å². The number of aliphatic carboxylic acids is 1. The lowest BCUT2D eigenvalue weighted by atomic mass is 10.1. The number of hydrogen-bond donors (Lipinski definition) is 3. The van der Waals surface area contributed by atoms with Crippen LogP contribution in [0.3, 0.4) is 0 Å². The fourth-order valence-corrected chi connectivity index (χ4v) is 5.17. The molecule has 0 atom stereocenters. The van der Waals surface area contributed by atoms with Gasteiger partial charge in [-0.3, -0.25) is 9.59 Å². The Morgan fingerprint density at radius 3 is 2.60 bits per heavy atom. The summed E-state index contributed by atoms with van der Waals surface area (Å²) in [6.45, 7) is 0. The third kappa shape index (κ3) is 6.32. The van der Waals surface area contributed by atoms with Gasteiger partial charge in [0, 0.05) is 59.5 Å². The maximum absolute atomic E-state index is 12.0. The Bertz CT molecular complexity index is 1350. The topological polar surface area (TPSA) is 94.6 Å². The van der Waals surface area contributed by atoms with Crippen LogP contribution in [0.15, 0.2) is 70.9 Å². The third-order valence-corrected chi connectivity index (χ3v) is 6.99. The molecule has 0 unspecified atom stereocenters. The number of thiazole rings is 1. The molecule has 0 aliphatic heterocycles. The molecule has 0 aliphatic carbocycles. The summed E-state index contributed by atoms with van der Waals surface area (Å²) in [7, 11) is 4.10. The number of aromatic nitrogens is 1. The average molecular weight is 507 g/mol. The first-order valence-electron chi connectivity index (χ1n) is 11.1. The van der Waals surface area contributed by atoms with Crippen molar-refractivity contribution in [2.75, 3.05) is 29.0 Å². The Morgan fingerprint density at radius 1 is 1.03 bits per heavy atom.